The molecule has 4 rings (SSSR count). The molecule has 0 aromatic heterocycles. The second-order valence-electron chi connectivity index (χ2n) is 8.85. The van der Waals surface area contributed by atoms with Gasteiger partial charge < -0.3 is 15.3 Å². The van der Waals surface area contributed by atoms with Crippen LogP contribution in [0.3, 0.4) is 0 Å². The third-order valence-electron chi connectivity index (χ3n) is 6.01. The Kier molecular flexibility index (Phi) is 8.22. The van der Waals surface area contributed by atoms with Crippen molar-refractivity contribution < 1.29 is 9.90 Å². The van der Waals surface area contributed by atoms with Crippen LogP contribution < -0.4 is 5.32 Å². The third-order valence-corrected chi connectivity index (χ3v) is 7.10. The van der Waals surface area contributed by atoms with E-state index in [2.05, 4.69) is 59.6 Å². The summed E-state index contributed by atoms with van der Waals surface area (Å²) in [6.07, 6.45) is 3.55. The number of aryl methyl sites for hydroxylation is 1. The van der Waals surface area contributed by atoms with E-state index in [9.17, 15) is 4.79 Å². The van der Waals surface area contributed by atoms with Gasteiger partial charge in [-0.25, -0.2) is 0 Å². The van der Waals surface area contributed by atoms with E-state index in [4.69, 9.17) is 5.11 Å². The number of nitrogens with one attached hydrogen (secondary N) is 1. The maximum Gasteiger partial charge on any atom is 0.251 e. The lowest BCUT2D eigenvalue weighted by atomic mass is 10.0. The number of amides is 1. The third kappa shape index (κ3) is 6.38. The molecule has 176 valence electrons. The smallest absolute Gasteiger partial charge is 0.251 e. The van der Waals surface area contributed by atoms with Gasteiger partial charge in [-0.05, 0) is 79.4 Å². The summed E-state index contributed by atoms with van der Waals surface area (Å²) in [6.45, 7) is 3.97. The lowest BCUT2D eigenvalue weighted by Gasteiger charge is -2.16. The zero-order valence-corrected chi connectivity index (χ0v) is 20.7. The summed E-state index contributed by atoms with van der Waals surface area (Å²) in [5.41, 5.74) is 7.49. The molecule has 5 heteroatoms. The molecule has 1 aliphatic heterocycles. The average Bonchev–Trinajstić information content (AvgIpc) is 3.06. The predicted octanol–water partition coefficient (Wildman–Crippen LogP) is 5.99. The lowest BCUT2D eigenvalue weighted by molar-refractivity contribution is -0.112. The number of carbonyl (C=O) groups is 1. The molecule has 0 bridgehead atoms. The van der Waals surface area contributed by atoms with Crippen LogP contribution in [-0.4, -0.2) is 41.9 Å². The van der Waals surface area contributed by atoms with Crippen molar-refractivity contribution in [2.24, 2.45) is 0 Å². The molecule has 0 fully saturated rings. The number of hydrogen-bond acceptors (Lipinski definition) is 4. The Morgan fingerprint density at radius 3 is 2.50 bits per heavy atom. The minimum Gasteiger partial charge on any atom is -0.396 e. The number of rotatable bonds is 8. The molecule has 3 aromatic carbocycles. The largest absolute Gasteiger partial charge is 0.396 e. The van der Waals surface area contributed by atoms with E-state index < -0.39 is 0 Å². The summed E-state index contributed by atoms with van der Waals surface area (Å²) in [4.78, 5) is 16.5. The van der Waals surface area contributed by atoms with E-state index >= 15 is 0 Å². The summed E-state index contributed by atoms with van der Waals surface area (Å²) in [7, 11) is 2.05. The van der Waals surface area contributed by atoms with Crippen molar-refractivity contribution in [3.63, 3.8) is 0 Å². The van der Waals surface area contributed by atoms with Gasteiger partial charge in [-0.1, -0.05) is 48.0 Å². The molecule has 1 aliphatic rings. The molecule has 2 N–H and O–H groups in total. The SMILES string of the molecule is Cc1ccc(-c2ccc3c(c2)C=C(C(=O)Nc2ccc(CN(C)CCCO)cc2)CCS3)cc1. The second-order valence-corrected chi connectivity index (χ2v) is 9.99. The molecule has 0 spiro atoms. The highest BCUT2D eigenvalue weighted by Gasteiger charge is 2.16. The Balaban J connectivity index is 1.46. The second kappa shape index (κ2) is 11.5. The van der Waals surface area contributed by atoms with Gasteiger partial charge in [0.1, 0.15) is 0 Å². The maximum absolute atomic E-state index is 13.1. The summed E-state index contributed by atoms with van der Waals surface area (Å²) in [5, 5.41) is 12.1. The van der Waals surface area contributed by atoms with Gasteiger partial charge in [0.2, 0.25) is 0 Å². The number of aliphatic hydroxyl groups is 1. The molecule has 34 heavy (non-hydrogen) atoms. The fourth-order valence-electron chi connectivity index (χ4n) is 4.06. The number of thioether (sulfide) groups is 1. The molecule has 0 aliphatic carbocycles. The number of fused-ring (bicyclic) bond motifs is 1. The molecule has 4 nitrogen and oxygen atoms in total. The first kappa shape index (κ1) is 24.3. The van der Waals surface area contributed by atoms with E-state index in [-0.39, 0.29) is 12.5 Å². The van der Waals surface area contributed by atoms with E-state index in [0.29, 0.717) is 0 Å². The van der Waals surface area contributed by atoms with Gasteiger partial charge in [-0.3, -0.25) is 4.79 Å². The van der Waals surface area contributed by atoms with Gasteiger partial charge in [0.05, 0.1) is 0 Å². The Morgan fingerprint density at radius 1 is 1.03 bits per heavy atom. The van der Waals surface area contributed by atoms with E-state index in [1.165, 1.54) is 21.6 Å². The van der Waals surface area contributed by atoms with Crippen LogP contribution in [-0.2, 0) is 11.3 Å². The molecule has 0 saturated heterocycles. The van der Waals surface area contributed by atoms with Gasteiger partial charge in [-0.15, -0.1) is 11.8 Å². The van der Waals surface area contributed by atoms with Crippen LogP contribution in [0.1, 0.15) is 29.5 Å². The Labute approximate surface area is 206 Å². The zero-order chi connectivity index (χ0) is 23.9. The Hall–Kier alpha value is -2.86. The highest BCUT2D eigenvalue weighted by atomic mass is 32.2. The van der Waals surface area contributed by atoms with Crippen molar-refractivity contribution in [1.29, 1.82) is 0 Å². The fraction of sp³-hybridized carbons (Fsp3) is 0.276. The minimum atomic E-state index is -0.0398. The molecule has 0 radical (unpaired) electrons. The number of hydrogen-bond donors (Lipinski definition) is 2. The van der Waals surface area contributed by atoms with Crippen LogP contribution in [0.2, 0.25) is 0 Å². The van der Waals surface area contributed by atoms with Crippen LogP contribution in [0.15, 0.2) is 77.2 Å². The zero-order valence-electron chi connectivity index (χ0n) is 19.9. The first-order chi connectivity index (χ1) is 16.5. The molecule has 0 saturated carbocycles. The van der Waals surface area contributed by atoms with Gasteiger partial charge in [0.15, 0.2) is 0 Å². The molecular formula is C29H32N2O2S. The molecule has 1 heterocycles. The summed E-state index contributed by atoms with van der Waals surface area (Å²) in [5.74, 6) is 0.844. The first-order valence-corrected chi connectivity index (χ1v) is 12.7. The maximum atomic E-state index is 13.1. The van der Waals surface area contributed by atoms with Gasteiger partial charge in [0.25, 0.3) is 5.91 Å². The van der Waals surface area contributed by atoms with Crippen molar-refractivity contribution in [3.05, 3.63) is 89.0 Å². The van der Waals surface area contributed by atoms with Gasteiger partial charge in [-0.2, -0.15) is 0 Å². The topological polar surface area (TPSA) is 52.6 Å². The van der Waals surface area contributed by atoms with Crippen LogP contribution in [0.4, 0.5) is 5.69 Å². The van der Waals surface area contributed by atoms with Crippen molar-refractivity contribution in [2.75, 3.05) is 31.3 Å². The molecule has 1 amide bonds. The Morgan fingerprint density at radius 2 is 1.76 bits per heavy atom. The normalized spacial score (nSPS) is 13.2. The molecule has 0 atom stereocenters. The van der Waals surface area contributed by atoms with Crippen molar-refractivity contribution >= 4 is 29.4 Å². The highest BCUT2D eigenvalue weighted by Crippen LogP contribution is 2.34. The number of benzene rings is 3. The van der Waals surface area contributed by atoms with E-state index in [1.54, 1.807) is 11.8 Å². The van der Waals surface area contributed by atoms with Crippen LogP contribution in [0.25, 0.3) is 17.2 Å². The number of carbonyl (C=O) groups excluding carboxylic acids is 1. The summed E-state index contributed by atoms with van der Waals surface area (Å²) in [6, 6.07) is 23.1. The number of anilines is 1. The standard InChI is InChI=1S/C29H32N2O2S/c1-21-4-8-23(9-5-21)24-10-13-28-26(18-24)19-25(14-17-34-28)29(33)30-27-11-6-22(7-12-27)20-31(2)15-3-16-32/h4-13,18-19,32H,3,14-17,20H2,1-2H3,(H,30,33). The average molecular weight is 473 g/mol. The first-order valence-electron chi connectivity index (χ1n) is 11.8. The Bertz CT molecular complexity index is 1150. The van der Waals surface area contributed by atoms with Gasteiger partial charge >= 0.3 is 0 Å². The predicted molar refractivity (Wildman–Crippen MR) is 143 cm³/mol. The quantitative estimate of drug-likeness (QED) is 0.423. The van der Waals surface area contributed by atoms with Crippen LogP contribution >= 0.6 is 11.8 Å². The minimum absolute atomic E-state index is 0.0398. The van der Waals surface area contributed by atoms with Crippen molar-refractivity contribution in [1.82, 2.24) is 4.90 Å². The van der Waals surface area contributed by atoms with E-state index in [0.717, 1.165) is 54.1 Å². The van der Waals surface area contributed by atoms with Crippen LogP contribution in [0.5, 0.6) is 0 Å². The van der Waals surface area contributed by atoms with E-state index in [1.807, 2.05) is 37.4 Å². The highest BCUT2D eigenvalue weighted by molar-refractivity contribution is 7.99. The van der Waals surface area contributed by atoms with Crippen LogP contribution in [0, 0.1) is 6.92 Å². The summed E-state index contributed by atoms with van der Waals surface area (Å²) >= 11 is 1.80. The lowest BCUT2D eigenvalue weighted by Crippen LogP contribution is -2.20. The molecule has 3 aromatic rings. The van der Waals surface area contributed by atoms with Gasteiger partial charge in [0, 0.05) is 41.6 Å². The van der Waals surface area contributed by atoms with Crippen molar-refractivity contribution in [3.8, 4) is 11.1 Å². The monoisotopic (exact) mass is 472 g/mol. The van der Waals surface area contributed by atoms with Crippen molar-refractivity contribution in [2.45, 2.75) is 31.2 Å². The number of aliphatic hydroxyl groups excluding tert-OH is 1. The fourth-order valence-corrected chi connectivity index (χ4v) is 5.06. The number of nitrogens with zero attached hydrogens (tertiary/aromatic N) is 1. The summed E-state index contributed by atoms with van der Waals surface area (Å²) < 4.78 is 0. The molecule has 0 unspecified atom stereocenters. The molecular weight excluding hydrogens is 440 g/mol.